The second-order valence-corrected chi connectivity index (χ2v) is 5.72. The Morgan fingerprint density at radius 2 is 2.06 bits per heavy atom. The van der Waals surface area contributed by atoms with E-state index in [-0.39, 0.29) is 17.8 Å². The van der Waals surface area contributed by atoms with Crippen molar-refractivity contribution in [2.75, 3.05) is 20.7 Å². The van der Waals surface area contributed by atoms with Gasteiger partial charge in [-0.2, -0.15) is 0 Å². The van der Waals surface area contributed by atoms with E-state index in [1.165, 1.54) is 18.4 Å². The molecule has 0 bridgehead atoms. The van der Waals surface area contributed by atoms with Gasteiger partial charge in [-0.25, -0.2) is 0 Å². The summed E-state index contributed by atoms with van der Waals surface area (Å²) in [7, 11) is 3.05. The molecule has 0 spiro atoms. The molecular formula is C13H19NO3S. The fraction of sp³-hybridized carbons (Fsp3) is 0.538. The minimum absolute atomic E-state index is 0.0491. The van der Waals surface area contributed by atoms with Gasteiger partial charge in [0, 0.05) is 18.5 Å². The molecule has 0 fully saturated rings. The monoisotopic (exact) mass is 269 g/mol. The van der Waals surface area contributed by atoms with Crippen LogP contribution in [0.25, 0.3) is 0 Å². The number of hydrogen-bond donors (Lipinski definition) is 0. The van der Waals surface area contributed by atoms with Crippen LogP contribution in [-0.4, -0.2) is 37.5 Å². The van der Waals surface area contributed by atoms with Crippen LogP contribution in [0.15, 0.2) is 6.07 Å². The number of nitrogens with zero attached hydrogens (tertiary/aromatic N) is 1. The highest BCUT2D eigenvalue weighted by Gasteiger charge is 2.20. The van der Waals surface area contributed by atoms with Gasteiger partial charge in [0.2, 0.25) is 0 Å². The molecule has 1 atom stereocenters. The third-order valence-electron chi connectivity index (χ3n) is 2.87. The molecular weight excluding hydrogens is 250 g/mol. The van der Waals surface area contributed by atoms with Gasteiger partial charge in [-0.05, 0) is 25.5 Å². The Hall–Kier alpha value is -1.36. The van der Waals surface area contributed by atoms with Crippen LogP contribution >= 0.6 is 11.3 Å². The van der Waals surface area contributed by atoms with E-state index in [2.05, 4.69) is 4.74 Å². The van der Waals surface area contributed by atoms with Crippen molar-refractivity contribution in [3.63, 3.8) is 0 Å². The highest BCUT2D eigenvalue weighted by molar-refractivity contribution is 7.14. The van der Waals surface area contributed by atoms with Crippen LogP contribution in [-0.2, 0) is 9.53 Å². The van der Waals surface area contributed by atoms with Crippen molar-refractivity contribution in [1.82, 2.24) is 4.90 Å². The number of hydrogen-bond acceptors (Lipinski definition) is 4. The lowest BCUT2D eigenvalue weighted by atomic mass is 10.1. The van der Waals surface area contributed by atoms with Gasteiger partial charge in [-0.15, -0.1) is 11.3 Å². The molecule has 1 amide bonds. The van der Waals surface area contributed by atoms with Crippen molar-refractivity contribution < 1.29 is 14.3 Å². The van der Waals surface area contributed by atoms with E-state index < -0.39 is 0 Å². The maximum Gasteiger partial charge on any atom is 0.310 e. The molecule has 18 heavy (non-hydrogen) atoms. The summed E-state index contributed by atoms with van der Waals surface area (Å²) >= 11 is 1.48. The molecule has 4 nitrogen and oxygen atoms in total. The summed E-state index contributed by atoms with van der Waals surface area (Å²) in [5, 5.41) is 0. The molecule has 0 saturated heterocycles. The van der Waals surface area contributed by atoms with Gasteiger partial charge in [0.05, 0.1) is 17.9 Å². The fourth-order valence-corrected chi connectivity index (χ4v) is 2.66. The molecule has 0 N–H and O–H groups in total. The largest absolute Gasteiger partial charge is 0.469 e. The van der Waals surface area contributed by atoms with E-state index in [0.29, 0.717) is 11.4 Å². The third kappa shape index (κ3) is 3.32. The lowest BCUT2D eigenvalue weighted by Crippen LogP contribution is -2.33. The zero-order valence-electron chi connectivity index (χ0n) is 11.4. The minimum Gasteiger partial charge on any atom is -0.469 e. The number of aryl methyl sites for hydroxylation is 2. The predicted octanol–water partition coefficient (Wildman–Crippen LogP) is 2.25. The van der Waals surface area contributed by atoms with E-state index in [4.69, 9.17) is 0 Å². The Labute approximate surface area is 112 Å². The lowest BCUT2D eigenvalue weighted by molar-refractivity contribution is -0.145. The van der Waals surface area contributed by atoms with Gasteiger partial charge in [0.25, 0.3) is 5.91 Å². The van der Waals surface area contributed by atoms with Gasteiger partial charge in [0.15, 0.2) is 0 Å². The molecule has 0 aliphatic rings. The molecule has 0 aromatic carbocycles. The first-order valence-corrected chi connectivity index (χ1v) is 6.58. The fourth-order valence-electron chi connectivity index (χ4n) is 1.64. The van der Waals surface area contributed by atoms with Gasteiger partial charge in [-0.3, -0.25) is 9.59 Å². The summed E-state index contributed by atoms with van der Waals surface area (Å²) in [6.45, 7) is 6.09. The van der Waals surface area contributed by atoms with Crippen molar-refractivity contribution in [3.8, 4) is 0 Å². The topological polar surface area (TPSA) is 46.6 Å². The summed E-state index contributed by atoms with van der Waals surface area (Å²) < 4.78 is 4.65. The first-order valence-electron chi connectivity index (χ1n) is 5.77. The van der Waals surface area contributed by atoms with Crippen LogP contribution in [0.1, 0.15) is 27.0 Å². The Bertz CT molecular complexity index is 434. The smallest absolute Gasteiger partial charge is 0.310 e. The van der Waals surface area contributed by atoms with Gasteiger partial charge in [0.1, 0.15) is 0 Å². The summed E-state index contributed by atoms with van der Waals surface area (Å²) in [4.78, 5) is 26.9. The second kappa shape index (κ2) is 6.00. The zero-order chi connectivity index (χ0) is 13.9. The van der Waals surface area contributed by atoms with E-state index in [0.717, 1.165) is 10.4 Å². The maximum absolute atomic E-state index is 12.1. The van der Waals surface area contributed by atoms with E-state index in [1.807, 2.05) is 19.9 Å². The first-order chi connectivity index (χ1) is 8.36. The summed E-state index contributed by atoms with van der Waals surface area (Å²) in [6, 6.07) is 1.89. The highest BCUT2D eigenvalue weighted by atomic mass is 32.1. The molecule has 0 radical (unpaired) electrons. The second-order valence-electron chi connectivity index (χ2n) is 4.46. The van der Waals surface area contributed by atoms with Crippen LogP contribution in [0, 0.1) is 19.8 Å². The molecule has 0 unspecified atom stereocenters. The van der Waals surface area contributed by atoms with Gasteiger partial charge >= 0.3 is 5.97 Å². The van der Waals surface area contributed by atoms with Crippen molar-refractivity contribution in [1.29, 1.82) is 0 Å². The predicted molar refractivity (Wildman–Crippen MR) is 71.9 cm³/mol. The van der Waals surface area contributed by atoms with Crippen LogP contribution < -0.4 is 0 Å². The van der Waals surface area contributed by atoms with Crippen molar-refractivity contribution in [3.05, 3.63) is 21.4 Å². The number of amides is 1. The number of methoxy groups -OCH3 is 1. The third-order valence-corrected chi connectivity index (χ3v) is 4.02. The molecule has 5 heteroatoms. The van der Waals surface area contributed by atoms with E-state index in [9.17, 15) is 9.59 Å². The molecule has 1 heterocycles. The Morgan fingerprint density at radius 3 is 2.50 bits per heavy atom. The molecule has 0 aliphatic heterocycles. The summed E-state index contributed by atoms with van der Waals surface area (Å²) in [5.41, 5.74) is 1.12. The molecule has 100 valence electrons. The highest BCUT2D eigenvalue weighted by Crippen LogP contribution is 2.22. The normalized spacial score (nSPS) is 12.1. The Morgan fingerprint density at radius 1 is 1.44 bits per heavy atom. The average molecular weight is 269 g/mol. The standard InChI is InChI=1S/C13H19NO3S/c1-8-6-11(18-10(8)3)12(15)14(4)7-9(2)13(16)17-5/h6,9H,7H2,1-5H3/t9-/m1/s1. The molecule has 1 rings (SSSR count). The molecule has 0 saturated carbocycles. The number of ether oxygens (including phenoxy) is 1. The van der Waals surface area contributed by atoms with E-state index in [1.54, 1.807) is 18.9 Å². The Balaban J connectivity index is 2.70. The van der Waals surface area contributed by atoms with Crippen LogP contribution in [0.4, 0.5) is 0 Å². The Kier molecular flexibility index (Phi) is 4.90. The number of thiophene rings is 1. The number of esters is 1. The van der Waals surface area contributed by atoms with Crippen molar-refractivity contribution in [2.45, 2.75) is 20.8 Å². The number of carbonyl (C=O) groups excluding carboxylic acids is 2. The summed E-state index contributed by atoms with van der Waals surface area (Å²) in [6.07, 6.45) is 0. The maximum atomic E-state index is 12.1. The average Bonchev–Trinajstić information content (AvgIpc) is 2.67. The van der Waals surface area contributed by atoms with E-state index >= 15 is 0 Å². The quantitative estimate of drug-likeness (QED) is 0.788. The van der Waals surface area contributed by atoms with Crippen LogP contribution in [0.3, 0.4) is 0 Å². The minimum atomic E-state index is -0.314. The lowest BCUT2D eigenvalue weighted by Gasteiger charge is -2.19. The number of rotatable bonds is 4. The van der Waals surface area contributed by atoms with Gasteiger partial charge in [-0.1, -0.05) is 6.92 Å². The van der Waals surface area contributed by atoms with Crippen molar-refractivity contribution in [2.24, 2.45) is 5.92 Å². The van der Waals surface area contributed by atoms with Crippen LogP contribution in [0.5, 0.6) is 0 Å². The number of carbonyl (C=O) groups is 2. The molecule has 1 aromatic heterocycles. The molecule has 1 aromatic rings. The van der Waals surface area contributed by atoms with Crippen LogP contribution in [0.2, 0.25) is 0 Å². The summed E-state index contributed by atoms with van der Waals surface area (Å²) in [5.74, 6) is -0.661. The van der Waals surface area contributed by atoms with Gasteiger partial charge < -0.3 is 9.64 Å². The molecule has 0 aliphatic carbocycles. The van der Waals surface area contributed by atoms with Crippen molar-refractivity contribution >= 4 is 23.2 Å². The SMILES string of the molecule is COC(=O)[C@H](C)CN(C)C(=O)c1cc(C)c(C)s1. The zero-order valence-corrected chi connectivity index (χ0v) is 12.3. The first kappa shape index (κ1) is 14.7.